The Hall–Kier alpha value is -4.59. The summed E-state index contributed by atoms with van der Waals surface area (Å²) in [7, 11) is 0. The second kappa shape index (κ2) is 12.4. The van der Waals surface area contributed by atoms with Gasteiger partial charge in [0.05, 0.1) is 13.1 Å². The lowest BCUT2D eigenvalue weighted by Gasteiger charge is -2.18. The van der Waals surface area contributed by atoms with E-state index in [-0.39, 0.29) is 30.7 Å². The number of nitrogens with one attached hydrogen (secondary N) is 1. The summed E-state index contributed by atoms with van der Waals surface area (Å²) in [5, 5.41) is 7.51. The SMILES string of the molecule is CCN(CC(=O)NCc1ccc(F)cc1)C(=O)C=Cc1cn(Cc2ccccc2)nc1-c1cccnc1. The number of nitrogens with zero attached hydrogens (tertiary/aromatic N) is 4. The predicted octanol–water partition coefficient (Wildman–Crippen LogP) is 4.31. The van der Waals surface area contributed by atoms with Gasteiger partial charge in [0.2, 0.25) is 11.8 Å². The number of hydrogen-bond acceptors (Lipinski definition) is 4. The maximum absolute atomic E-state index is 13.1. The van der Waals surface area contributed by atoms with Crippen molar-refractivity contribution in [3.05, 3.63) is 114 Å². The molecule has 0 aliphatic heterocycles. The molecule has 2 heterocycles. The number of rotatable bonds is 10. The first kappa shape index (κ1) is 25.5. The van der Waals surface area contributed by atoms with Gasteiger partial charge < -0.3 is 10.2 Å². The second-order valence-electron chi connectivity index (χ2n) is 8.45. The molecule has 0 aliphatic rings. The van der Waals surface area contributed by atoms with E-state index in [1.165, 1.54) is 23.1 Å². The maximum atomic E-state index is 13.1. The molecule has 2 aromatic heterocycles. The number of aromatic nitrogens is 3. The van der Waals surface area contributed by atoms with Gasteiger partial charge in [-0.2, -0.15) is 5.10 Å². The Balaban J connectivity index is 1.45. The summed E-state index contributed by atoms with van der Waals surface area (Å²) < 4.78 is 14.9. The van der Waals surface area contributed by atoms with Crippen LogP contribution in [0.4, 0.5) is 4.39 Å². The number of amides is 2. The van der Waals surface area contributed by atoms with Crippen molar-refractivity contribution in [2.24, 2.45) is 0 Å². The van der Waals surface area contributed by atoms with Gasteiger partial charge in [-0.15, -0.1) is 0 Å². The molecule has 4 rings (SSSR count). The highest BCUT2D eigenvalue weighted by Crippen LogP contribution is 2.23. The van der Waals surface area contributed by atoms with Crippen molar-refractivity contribution in [1.82, 2.24) is 25.0 Å². The van der Waals surface area contributed by atoms with Crippen LogP contribution >= 0.6 is 0 Å². The number of benzene rings is 2. The third-order valence-corrected chi connectivity index (χ3v) is 5.75. The van der Waals surface area contributed by atoms with Crippen molar-refractivity contribution in [1.29, 1.82) is 0 Å². The van der Waals surface area contributed by atoms with Crippen LogP contribution in [0.25, 0.3) is 17.3 Å². The van der Waals surface area contributed by atoms with Crippen LogP contribution in [0.3, 0.4) is 0 Å². The number of carbonyl (C=O) groups is 2. The van der Waals surface area contributed by atoms with E-state index in [0.717, 1.165) is 22.3 Å². The van der Waals surface area contributed by atoms with E-state index in [0.29, 0.717) is 18.8 Å². The van der Waals surface area contributed by atoms with Gasteiger partial charge in [0.25, 0.3) is 0 Å². The third kappa shape index (κ3) is 7.20. The maximum Gasteiger partial charge on any atom is 0.247 e. The fourth-order valence-corrected chi connectivity index (χ4v) is 3.78. The Morgan fingerprint density at radius 1 is 1.03 bits per heavy atom. The first-order valence-corrected chi connectivity index (χ1v) is 12.0. The summed E-state index contributed by atoms with van der Waals surface area (Å²) in [6, 6.07) is 19.7. The molecule has 0 fully saturated rings. The molecular weight excluding hydrogens is 469 g/mol. The lowest BCUT2D eigenvalue weighted by Crippen LogP contribution is -2.39. The van der Waals surface area contributed by atoms with E-state index in [1.807, 2.05) is 60.3 Å². The molecule has 4 aromatic rings. The fraction of sp³-hybridized carbons (Fsp3) is 0.172. The van der Waals surface area contributed by atoms with Gasteiger partial charge in [-0.05, 0) is 48.4 Å². The largest absolute Gasteiger partial charge is 0.350 e. The van der Waals surface area contributed by atoms with E-state index in [2.05, 4.69) is 10.3 Å². The van der Waals surface area contributed by atoms with E-state index >= 15 is 0 Å². The Bertz CT molecular complexity index is 1350. The summed E-state index contributed by atoms with van der Waals surface area (Å²) in [6.07, 6.45) is 8.51. The highest BCUT2D eigenvalue weighted by atomic mass is 19.1. The predicted molar refractivity (Wildman–Crippen MR) is 141 cm³/mol. The van der Waals surface area contributed by atoms with Gasteiger partial charge in [-0.3, -0.25) is 19.3 Å². The normalized spacial score (nSPS) is 11.0. The molecule has 0 unspecified atom stereocenters. The standard InChI is InChI=1S/C29H28FN5O2/c1-2-34(21-27(36)32-17-22-10-13-26(30)14-11-22)28(37)15-12-25-20-35(19-23-7-4-3-5-8-23)33-29(25)24-9-6-16-31-18-24/h3-16,18,20H,2,17,19,21H2,1H3,(H,32,36). The molecule has 0 bridgehead atoms. The van der Waals surface area contributed by atoms with Gasteiger partial charge in [0.15, 0.2) is 0 Å². The van der Waals surface area contributed by atoms with Crippen molar-refractivity contribution in [3.63, 3.8) is 0 Å². The highest BCUT2D eigenvalue weighted by molar-refractivity contribution is 5.95. The Morgan fingerprint density at radius 3 is 2.51 bits per heavy atom. The summed E-state index contributed by atoms with van der Waals surface area (Å²) in [5.74, 6) is -0.908. The molecule has 0 spiro atoms. The first-order chi connectivity index (χ1) is 18.0. The summed E-state index contributed by atoms with van der Waals surface area (Å²) in [5.41, 5.74) is 4.22. The Labute approximate surface area is 215 Å². The summed E-state index contributed by atoms with van der Waals surface area (Å²) in [6.45, 7) is 2.96. The number of halogens is 1. The number of likely N-dealkylation sites (N-methyl/N-ethyl adjacent to an activating group) is 1. The van der Waals surface area contributed by atoms with E-state index in [1.54, 1.807) is 30.6 Å². The van der Waals surface area contributed by atoms with Crippen LogP contribution in [0.1, 0.15) is 23.6 Å². The van der Waals surface area contributed by atoms with Crippen LogP contribution < -0.4 is 5.32 Å². The lowest BCUT2D eigenvalue weighted by molar-refractivity contribution is -0.132. The zero-order chi connectivity index (χ0) is 26.0. The second-order valence-corrected chi connectivity index (χ2v) is 8.45. The Morgan fingerprint density at radius 2 is 1.81 bits per heavy atom. The smallest absolute Gasteiger partial charge is 0.247 e. The highest BCUT2D eigenvalue weighted by Gasteiger charge is 2.15. The molecule has 188 valence electrons. The Kier molecular flexibility index (Phi) is 8.54. The van der Waals surface area contributed by atoms with Crippen molar-refractivity contribution >= 4 is 17.9 Å². The number of pyridine rings is 1. The van der Waals surface area contributed by atoms with Crippen LogP contribution in [0.5, 0.6) is 0 Å². The van der Waals surface area contributed by atoms with Crippen molar-refractivity contribution in [2.75, 3.05) is 13.1 Å². The fourth-order valence-electron chi connectivity index (χ4n) is 3.78. The molecule has 0 saturated carbocycles. The zero-order valence-electron chi connectivity index (χ0n) is 20.5. The van der Waals surface area contributed by atoms with Gasteiger partial charge in [0, 0.05) is 48.9 Å². The van der Waals surface area contributed by atoms with E-state index in [4.69, 9.17) is 5.10 Å². The quantitative estimate of drug-likeness (QED) is 0.331. The summed E-state index contributed by atoms with van der Waals surface area (Å²) in [4.78, 5) is 31.0. The number of carbonyl (C=O) groups excluding carboxylic acids is 2. The first-order valence-electron chi connectivity index (χ1n) is 12.0. The number of hydrogen-bond donors (Lipinski definition) is 1. The van der Waals surface area contributed by atoms with Crippen molar-refractivity contribution in [3.8, 4) is 11.3 Å². The van der Waals surface area contributed by atoms with Crippen molar-refractivity contribution < 1.29 is 14.0 Å². The molecule has 1 N–H and O–H groups in total. The average Bonchev–Trinajstić information content (AvgIpc) is 3.33. The van der Waals surface area contributed by atoms with Gasteiger partial charge >= 0.3 is 0 Å². The minimum Gasteiger partial charge on any atom is -0.350 e. The van der Waals surface area contributed by atoms with Crippen molar-refractivity contribution in [2.45, 2.75) is 20.0 Å². The molecule has 0 aliphatic carbocycles. The van der Waals surface area contributed by atoms with Gasteiger partial charge in [-0.25, -0.2) is 4.39 Å². The van der Waals surface area contributed by atoms with Gasteiger partial charge in [-0.1, -0.05) is 42.5 Å². The lowest BCUT2D eigenvalue weighted by atomic mass is 10.1. The topological polar surface area (TPSA) is 80.1 Å². The van der Waals surface area contributed by atoms with Crippen LogP contribution in [0, 0.1) is 5.82 Å². The van der Waals surface area contributed by atoms with Crippen LogP contribution in [0.2, 0.25) is 0 Å². The summed E-state index contributed by atoms with van der Waals surface area (Å²) >= 11 is 0. The minimum absolute atomic E-state index is 0.0798. The molecule has 2 amide bonds. The molecule has 2 aromatic carbocycles. The minimum atomic E-state index is -0.332. The van der Waals surface area contributed by atoms with Crippen LogP contribution in [0.15, 0.2) is 91.4 Å². The third-order valence-electron chi connectivity index (χ3n) is 5.75. The van der Waals surface area contributed by atoms with Gasteiger partial charge in [0.1, 0.15) is 11.5 Å². The zero-order valence-corrected chi connectivity index (χ0v) is 20.5. The van der Waals surface area contributed by atoms with E-state index in [9.17, 15) is 14.0 Å². The molecule has 0 saturated heterocycles. The molecule has 8 heteroatoms. The monoisotopic (exact) mass is 497 g/mol. The molecule has 0 atom stereocenters. The molecule has 0 radical (unpaired) electrons. The molecular formula is C29H28FN5O2. The molecule has 7 nitrogen and oxygen atoms in total. The molecule has 37 heavy (non-hydrogen) atoms. The van der Waals surface area contributed by atoms with Crippen LogP contribution in [-0.2, 0) is 22.7 Å². The van der Waals surface area contributed by atoms with E-state index < -0.39 is 0 Å². The average molecular weight is 498 g/mol. The van der Waals surface area contributed by atoms with Crippen LogP contribution in [-0.4, -0.2) is 44.6 Å².